The molecule has 1 aliphatic heterocycles. The molecule has 2 aromatic carbocycles. The highest BCUT2D eigenvalue weighted by Crippen LogP contribution is 2.34. The third-order valence-corrected chi connectivity index (χ3v) is 6.21. The fraction of sp³-hybridized carbons (Fsp3) is 0.286. The first-order chi connectivity index (χ1) is 15.7. The summed E-state index contributed by atoms with van der Waals surface area (Å²) in [5, 5.41) is 5.54. The molecule has 0 unspecified atom stereocenters. The van der Waals surface area contributed by atoms with Gasteiger partial charge in [0.05, 0.1) is 17.1 Å². The monoisotopic (exact) mass is 494 g/mol. The van der Waals surface area contributed by atoms with E-state index >= 15 is 0 Å². The Bertz CT molecular complexity index is 1150. The van der Waals surface area contributed by atoms with E-state index in [1.165, 1.54) is 29.2 Å². The second-order valence-corrected chi connectivity index (χ2v) is 9.35. The molecule has 33 heavy (non-hydrogen) atoms. The summed E-state index contributed by atoms with van der Waals surface area (Å²) < 4.78 is 31.7. The van der Waals surface area contributed by atoms with Crippen molar-refractivity contribution in [2.24, 2.45) is 0 Å². The molecule has 10 nitrogen and oxygen atoms in total. The zero-order chi connectivity index (χ0) is 24.0. The first kappa shape index (κ1) is 24.3. The van der Waals surface area contributed by atoms with Crippen LogP contribution in [0.1, 0.15) is 19.8 Å². The van der Waals surface area contributed by atoms with Gasteiger partial charge in [0.25, 0.3) is 10.0 Å². The largest absolute Gasteiger partial charge is 0.423 e. The van der Waals surface area contributed by atoms with Crippen LogP contribution < -0.4 is 25.0 Å². The van der Waals surface area contributed by atoms with Crippen LogP contribution in [0.2, 0.25) is 5.02 Å². The third kappa shape index (κ3) is 6.59. The lowest BCUT2D eigenvalue weighted by molar-refractivity contribution is -0.133. The topological polar surface area (TPSA) is 134 Å². The molecule has 3 rings (SSSR count). The van der Waals surface area contributed by atoms with Crippen molar-refractivity contribution < 1.29 is 27.5 Å². The van der Waals surface area contributed by atoms with E-state index in [0.717, 1.165) is 12.8 Å². The molecule has 0 saturated heterocycles. The normalized spacial score (nSPS) is 13.0. The first-order valence-electron chi connectivity index (χ1n) is 10.1. The van der Waals surface area contributed by atoms with Crippen molar-refractivity contribution >= 4 is 50.9 Å². The van der Waals surface area contributed by atoms with Crippen LogP contribution in [0.25, 0.3) is 0 Å². The van der Waals surface area contributed by atoms with Crippen LogP contribution in [0.3, 0.4) is 0 Å². The molecule has 0 radical (unpaired) electrons. The highest BCUT2D eigenvalue weighted by Gasteiger charge is 2.26. The quantitative estimate of drug-likeness (QED) is 0.291. The van der Waals surface area contributed by atoms with Crippen molar-refractivity contribution in [2.45, 2.75) is 24.7 Å². The van der Waals surface area contributed by atoms with E-state index in [2.05, 4.69) is 10.6 Å². The SMILES string of the molecule is CCCCNC(=O)NS(=O)(=O)c1ccc(NC(=O)CN2CC(=O)Oc3ccc(Cl)cc32)cc1. The van der Waals surface area contributed by atoms with Crippen LogP contribution >= 0.6 is 11.6 Å². The predicted octanol–water partition coefficient (Wildman–Crippen LogP) is 2.49. The van der Waals surface area contributed by atoms with E-state index in [1.807, 2.05) is 11.6 Å². The Morgan fingerprint density at radius 2 is 1.88 bits per heavy atom. The van der Waals surface area contributed by atoms with Crippen molar-refractivity contribution in [1.29, 1.82) is 0 Å². The number of halogens is 1. The number of hydrogen-bond acceptors (Lipinski definition) is 7. The van der Waals surface area contributed by atoms with E-state index in [4.69, 9.17) is 16.3 Å². The Morgan fingerprint density at radius 3 is 2.58 bits per heavy atom. The third-order valence-electron chi connectivity index (χ3n) is 4.63. The summed E-state index contributed by atoms with van der Waals surface area (Å²) in [6, 6.07) is 9.26. The first-order valence-corrected chi connectivity index (χ1v) is 12.0. The number of fused-ring (bicyclic) bond motifs is 1. The zero-order valence-corrected chi connectivity index (χ0v) is 19.3. The Morgan fingerprint density at radius 1 is 1.15 bits per heavy atom. The van der Waals surface area contributed by atoms with Gasteiger partial charge in [0.15, 0.2) is 5.75 Å². The van der Waals surface area contributed by atoms with Gasteiger partial charge in [-0.3, -0.25) is 4.79 Å². The number of nitrogens with one attached hydrogen (secondary N) is 3. The maximum atomic E-state index is 12.5. The lowest BCUT2D eigenvalue weighted by Gasteiger charge is -2.29. The van der Waals surface area contributed by atoms with Crippen molar-refractivity contribution in [3.63, 3.8) is 0 Å². The van der Waals surface area contributed by atoms with Crippen molar-refractivity contribution in [3.8, 4) is 5.75 Å². The zero-order valence-electron chi connectivity index (χ0n) is 17.8. The number of hydrogen-bond donors (Lipinski definition) is 3. The number of anilines is 2. The number of ether oxygens (including phenoxy) is 1. The van der Waals surface area contributed by atoms with Crippen LogP contribution in [0.4, 0.5) is 16.2 Å². The number of nitrogens with zero attached hydrogens (tertiary/aromatic N) is 1. The summed E-state index contributed by atoms with van der Waals surface area (Å²) in [6.07, 6.45) is 1.60. The molecule has 1 heterocycles. The molecule has 0 atom stereocenters. The molecular weight excluding hydrogens is 472 g/mol. The smallest absolute Gasteiger partial charge is 0.331 e. The van der Waals surface area contributed by atoms with Gasteiger partial charge in [-0.25, -0.2) is 22.7 Å². The molecule has 1 aliphatic rings. The number of amides is 3. The van der Waals surface area contributed by atoms with Gasteiger partial charge < -0.3 is 20.3 Å². The maximum absolute atomic E-state index is 12.5. The molecule has 2 aromatic rings. The summed E-state index contributed by atoms with van der Waals surface area (Å²) in [5.74, 6) is -0.623. The van der Waals surface area contributed by atoms with E-state index in [-0.39, 0.29) is 18.0 Å². The molecule has 0 saturated carbocycles. The highest BCUT2D eigenvalue weighted by atomic mass is 35.5. The summed E-state index contributed by atoms with van der Waals surface area (Å²) in [7, 11) is -4.06. The summed E-state index contributed by atoms with van der Waals surface area (Å²) in [4.78, 5) is 37.5. The standard InChI is InChI=1S/C21H23ClN4O6S/c1-2-3-10-23-21(29)25-33(30,31)16-7-5-15(6-8-16)24-19(27)12-26-13-20(28)32-18-9-4-14(22)11-17(18)26/h4-9,11H,2-3,10,12-13H2,1H3,(H,24,27)(H2,23,25,29). The molecular formula is C21H23ClN4O6S. The molecule has 0 bridgehead atoms. The van der Waals surface area contributed by atoms with E-state index in [0.29, 0.717) is 28.7 Å². The number of benzene rings is 2. The Kier molecular flexibility index (Phi) is 7.77. The minimum Gasteiger partial charge on any atom is -0.423 e. The molecule has 0 aromatic heterocycles. The van der Waals surface area contributed by atoms with E-state index in [1.54, 1.807) is 18.2 Å². The number of rotatable bonds is 8. The Balaban J connectivity index is 1.61. The summed E-state index contributed by atoms with van der Waals surface area (Å²) >= 11 is 6.01. The predicted molar refractivity (Wildman–Crippen MR) is 123 cm³/mol. The minimum absolute atomic E-state index is 0.121. The average molecular weight is 495 g/mol. The van der Waals surface area contributed by atoms with Gasteiger partial charge in [-0.1, -0.05) is 24.9 Å². The van der Waals surface area contributed by atoms with Gasteiger partial charge in [0.2, 0.25) is 5.91 Å². The molecule has 176 valence electrons. The van der Waals surface area contributed by atoms with Gasteiger partial charge in [-0.15, -0.1) is 0 Å². The van der Waals surface area contributed by atoms with Crippen LogP contribution in [-0.4, -0.2) is 46.0 Å². The molecule has 0 aliphatic carbocycles. The van der Waals surface area contributed by atoms with Gasteiger partial charge in [-0.05, 0) is 48.9 Å². The van der Waals surface area contributed by atoms with Crippen molar-refractivity contribution in [2.75, 3.05) is 29.9 Å². The minimum atomic E-state index is -4.06. The Hall–Kier alpha value is -3.31. The fourth-order valence-electron chi connectivity index (χ4n) is 3.05. The van der Waals surface area contributed by atoms with Gasteiger partial charge >= 0.3 is 12.0 Å². The van der Waals surface area contributed by atoms with Crippen LogP contribution in [0.5, 0.6) is 5.75 Å². The van der Waals surface area contributed by atoms with E-state index in [9.17, 15) is 22.8 Å². The molecule has 3 amide bonds. The van der Waals surface area contributed by atoms with Crippen molar-refractivity contribution in [1.82, 2.24) is 10.0 Å². The number of unbranched alkanes of at least 4 members (excludes halogenated alkanes) is 1. The molecule has 3 N–H and O–H groups in total. The number of urea groups is 1. The van der Waals surface area contributed by atoms with Crippen LogP contribution in [-0.2, 0) is 19.6 Å². The fourth-order valence-corrected chi connectivity index (χ4v) is 4.14. The lowest BCUT2D eigenvalue weighted by atomic mass is 10.2. The number of carbonyl (C=O) groups excluding carboxylic acids is 3. The molecule has 0 fully saturated rings. The second-order valence-electron chi connectivity index (χ2n) is 7.23. The maximum Gasteiger partial charge on any atom is 0.331 e. The highest BCUT2D eigenvalue weighted by molar-refractivity contribution is 7.90. The van der Waals surface area contributed by atoms with Crippen molar-refractivity contribution in [3.05, 3.63) is 47.5 Å². The van der Waals surface area contributed by atoms with Crippen LogP contribution in [0.15, 0.2) is 47.4 Å². The van der Waals surface area contributed by atoms with E-state index < -0.39 is 27.9 Å². The second kappa shape index (κ2) is 10.5. The Labute approximate surface area is 196 Å². The van der Waals surface area contributed by atoms with Gasteiger partial charge in [0.1, 0.15) is 6.54 Å². The number of esters is 1. The van der Waals surface area contributed by atoms with Gasteiger partial charge in [0, 0.05) is 17.3 Å². The average Bonchev–Trinajstić information content (AvgIpc) is 2.74. The van der Waals surface area contributed by atoms with Crippen LogP contribution in [0, 0.1) is 0 Å². The van der Waals surface area contributed by atoms with Gasteiger partial charge in [-0.2, -0.15) is 0 Å². The lowest BCUT2D eigenvalue weighted by Crippen LogP contribution is -2.41. The number of sulfonamides is 1. The summed E-state index contributed by atoms with van der Waals surface area (Å²) in [6.45, 7) is 2.05. The number of carbonyl (C=O) groups is 3. The molecule has 12 heteroatoms. The molecule has 0 spiro atoms. The summed E-state index contributed by atoms with van der Waals surface area (Å²) in [5.41, 5.74) is 0.860.